The first-order chi connectivity index (χ1) is 4.72. The zero-order chi connectivity index (χ0) is 7.98. The van der Waals surface area contributed by atoms with Gasteiger partial charge in [0.15, 0.2) is 0 Å². The molecule has 3 heteroatoms. The standard InChI is InChI=1S/C7H13NOS/c1-3-6-10(9)7(2)4-5-8/h1,7H,4-6,8H2,2H3. The van der Waals surface area contributed by atoms with Gasteiger partial charge in [-0.3, -0.25) is 4.21 Å². The van der Waals surface area contributed by atoms with Gasteiger partial charge >= 0.3 is 0 Å². The molecule has 0 aliphatic heterocycles. The molecule has 0 amide bonds. The number of rotatable bonds is 4. The van der Waals surface area contributed by atoms with Crippen LogP contribution >= 0.6 is 0 Å². The maximum Gasteiger partial charge on any atom is 0.0847 e. The number of terminal acetylenes is 1. The van der Waals surface area contributed by atoms with Crippen LogP contribution in [0.3, 0.4) is 0 Å². The lowest BCUT2D eigenvalue weighted by Crippen LogP contribution is -2.17. The minimum Gasteiger partial charge on any atom is -0.330 e. The Morgan fingerprint density at radius 1 is 1.80 bits per heavy atom. The van der Waals surface area contributed by atoms with E-state index in [0.717, 1.165) is 6.42 Å². The summed E-state index contributed by atoms with van der Waals surface area (Å²) in [5.41, 5.74) is 5.28. The summed E-state index contributed by atoms with van der Waals surface area (Å²) in [7, 11) is -0.881. The SMILES string of the molecule is C#CCS(=O)C(C)CCN. The first-order valence-corrected chi connectivity index (χ1v) is 4.61. The van der Waals surface area contributed by atoms with E-state index in [1.807, 2.05) is 6.92 Å². The minimum atomic E-state index is -0.881. The molecule has 0 aromatic heterocycles. The smallest absolute Gasteiger partial charge is 0.0847 e. The molecule has 2 nitrogen and oxygen atoms in total. The van der Waals surface area contributed by atoms with Gasteiger partial charge < -0.3 is 5.73 Å². The fourth-order valence-corrected chi connectivity index (χ4v) is 1.44. The van der Waals surface area contributed by atoms with E-state index in [1.54, 1.807) is 0 Å². The predicted molar refractivity (Wildman–Crippen MR) is 45.0 cm³/mol. The van der Waals surface area contributed by atoms with E-state index in [2.05, 4.69) is 5.92 Å². The second-order valence-electron chi connectivity index (χ2n) is 2.12. The summed E-state index contributed by atoms with van der Waals surface area (Å²) in [6.45, 7) is 2.48. The quantitative estimate of drug-likeness (QED) is 0.591. The third-order valence-electron chi connectivity index (χ3n) is 1.25. The van der Waals surface area contributed by atoms with Crippen LogP contribution in [0.15, 0.2) is 0 Å². The van der Waals surface area contributed by atoms with Crippen LogP contribution in [0.2, 0.25) is 0 Å². The highest BCUT2D eigenvalue weighted by molar-refractivity contribution is 7.85. The highest BCUT2D eigenvalue weighted by atomic mass is 32.2. The van der Waals surface area contributed by atoms with Gasteiger partial charge in [-0.15, -0.1) is 6.42 Å². The van der Waals surface area contributed by atoms with Crippen molar-refractivity contribution in [2.75, 3.05) is 12.3 Å². The Balaban J connectivity index is 3.62. The van der Waals surface area contributed by atoms with E-state index in [9.17, 15) is 4.21 Å². The Labute approximate surface area is 64.6 Å². The molecule has 0 fully saturated rings. The van der Waals surface area contributed by atoms with E-state index in [0.29, 0.717) is 12.3 Å². The van der Waals surface area contributed by atoms with Crippen LogP contribution in [0.25, 0.3) is 0 Å². The molecule has 0 aliphatic carbocycles. The Bertz CT molecular complexity index is 150. The lowest BCUT2D eigenvalue weighted by atomic mass is 10.3. The summed E-state index contributed by atoms with van der Waals surface area (Å²) < 4.78 is 11.0. The zero-order valence-electron chi connectivity index (χ0n) is 6.17. The molecule has 0 bridgehead atoms. The lowest BCUT2D eigenvalue weighted by molar-refractivity contribution is 0.669. The Morgan fingerprint density at radius 3 is 2.80 bits per heavy atom. The molecule has 0 saturated carbocycles. The third-order valence-corrected chi connectivity index (χ3v) is 2.83. The van der Waals surface area contributed by atoms with Gasteiger partial charge in [0.2, 0.25) is 0 Å². The van der Waals surface area contributed by atoms with Gasteiger partial charge in [0.25, 0.3) is 0 Å². The van der Waals surface area contributed by atoms with Crippen LogP contribution in [0.1, 0.15) is 13.3 Å². The van der Waals surface area contributed by atoms with Crippen LogP contribution in [0, 0.1) is 12.3 Å². The van der Waals surface area contributed by atoms with E-state index < -0.39 is 10.8 Å². The molecule has 0 heterocycles. The van der Waals surface area contributed by atoms with Crippen molar-refractivity contribution in [1.82, 2.24) is 0 Å². The molecule has 0 spiro atoms. The average Bonchev–Trinajstić information content (AvgIpc) is 1.89. The summed E-state index contributed by atoms with van der Waals surface area (Å²) in [6.07, 6.45) is 5.78. The fourth-order valence-electron chi connectivity index (χ4n) is 0.591. The number of nitrogens with two attached hydrogens (primary N) is 1. The molecule has 2 N–H and O–H groups in total. The maximum absolute atomic E-state index is 11.0. The molecule has 0 aromatic carbocycles. The summed E-state index contributed by atoms with van der Waals surface area (Å²) in [4.78, 5) is 0. The summed E-state index contributed by atoms with van der Waals surface area (Å²) in [6, 6.07) is 0. The lowest BCUT2D eigenvalue weighted by Gasteiger charge is -2.05. The molecule has 0 aliphatic rings. The van der Waals surface area contributed by atoms with Crippen molar-refractivity contribution < 1.29 is 4.21 Å². The summed E-state index contributed by atoms with van der Waals surface area (Å²) in [5, 5.41) is 0.140. The molecule has 0 aromatic rings. The average molecular weight is 159 g/mol. The van der Waals surface area contributed by atoms with Crippen molar-refractivity contribution in [3.8, 4) is 12.3 Å². The molecule has 10 heavy (non-hydrogen) atoms. The molecule has 2 atom stereocenters. The van der Waals surface area contributed by atoms with Gasteiger partial charge in [0.1, 0.15) is 0 Å². The third kappa shape index (κ3) is 3.65. The van der Waals surface area contributed by atoms with Crippen molar-refractivity contribution in [2.24, 2.45) is 5.73 Å². The fraction of sp³-hybridized carbons (Fsp3) is 0.714. The topological polar surface area (TPSA) is 43.1 Å². The first-order valence-electron chi connectivity index (χ1n) is 3.23. The second-order valence-corrected chi connectivity index (χ2v) is 3.97. The number of hydrogen-bond acceptors (Lipinski definition) is 2. The van der Waals surface area contributed by atoms with Gasteiger partial charge in [-0.2, -0.15) is 0 Å². The maximum atomic E-state index is 11.0. The van der Waals surface area contributed by atoms with E-state index >= 15 is 0 Å². The largest absolute Gasteiger partial charge is 0.330 e. The van der Waals surface area contributed by atoms with Crippen LogP contribution < -0.4 is 5.73 Å². The van der Waals surface area contributed by atoms with Crippen LogP contribution in [-0.4, -0.2) is 21.8 Å². The molecule has 0 saturated heterocycles. The van der Waals surface area contributed by atoms with E-state index in [-0.39, 0.29) is 5.25 Å². The van der Waals surface area contributed by atoms with Crippen molar-refractivity contribution in [1.29, 1.82) is 0 Å². The monoisotopic (exact) mass is 159 g/mol. The Kier molecular flexibility index (Phi) is 5.27. The number of hydrogen-bond donors (Lipinski definition) is 1. The van der Waals surface area contributed by atoms with Gasteiger partial charge in [0.05, 0.1) is 5.75 Å². The van der Waals surface area contributed by atoms with Crippen LogP contribution in [-0.2, 0) is 10.8 Å². The Morgan fingerprint density at radius 2 is 2.40 bits per heavy atom. The summed E-state index contributed by atoms with van der Waals surface area (Å²) >= 11 is 0. The minimum absolute atomic E-state index is 0.140. The zero-order valence-corrected chi connectivity index (χ0v) is 6.99. The molecule has 0 radical (unpaired) electrons. The van der Waals surface area contributed by atoms with Crippen molar-refractivity contribution in [3.63, 3.8) is 0 Å². The second kappa shape index (κ2) is 5.45. The van der Waals surface area contributed by atoms with Gasteiger partial charge in [0, 0.05) is 16.0 Å². The highest BCUT2D eigenvalue weighted by Gasteiger charge is 2.07. The van der Waals surface area contributed by atoms with E-state index in [4.69, 9.17) is 12.2 Å². The first kappa shape index (κ1) is 9.67. The van der Waals surface area contributed by atoms with Crippen LogP contribution in [0.5, 0.6) is 0 Å². The van der Waals surface area contributed by atoms with Crippen molar-refractivity contribution >= 4 is 10.8 Å². The van der Waals surface area contributed by atoms with Crippen molar-refractivity contribution in [3.05, 3.63) is 0 Å². The summed E-state index contributed by atoms with van der Waals surface area (Å²) in [5.74, 6) is 2.71. The molecule has 0 rings (SSSR count). The molecular formula is C7H13NOS. The van der Waals surface area contributed by atoms with Gasteiger partial charge in [-0.05, 0) is 13.0 Å². The van der Waals surface area contributed by atoms with E-state index in [1.165, 1.54) is 0 Å². The molecular weight excluding hydrogens is 146 g/mol. The molecule has 58 valence electrons. The predicted octanol–water partition coefficient (Wildman–Crippen LogP) is 0.106. The normalized spacial score (nSPS) is 15.7. The van der Waals surface area contributed by atoms with Crippen LogP contribution in [0.4, 0.5) is 0 Å². The van der Waals surface area contributed by atoms with Gasteiger partial charge in [-0.1, -0.05) is 12.8 Å². The van der Waals surface area contributed by atoms with Crippen molar-refractivity contribution in [2.45, 2.75) is 18.6 Å². The Hall–Kier alpha value is -0.330. The molecule has 2 unspecified atom stereocenters. The highest BCUT2D eigenvalue weighted by Crippen LogP contribution is 1.98. The van der Waals surface area contributed by atoms with Gasteiger partial charge in [-0.25, -0.2) is 0 Å².